The predicted molar refractivity (Wildman–Crippen MR) is 109 cm³/mol. The van der Waals surface area contributed by atoms with Gasteiger partial charge < -0.3 is 4.57 Å². The van der Waals surface area contributed by atoms with E-state index in [2.05, 4.69) is 30.7 Å². The second-order valence-corrected chi connectivity index (χ2v) is 8.68. The molecule has 1 saturated carbocycles. The summed E-state index contributed by atoms with van der Waals surface area (Å²) in [4.78, 5) is 16.4. The van der Waals surface area contributed by atoms with E-state index < -0.39 is 0 Å². The van der Waals surface area contributed by atoms with E-state index in [9.17, 15) is 4.79 Å². The largest absolute Gasteiger partial charge is 0.305 e. The molecule has 0 aliphatic heterocycles. The SMILES string of the molecule is Cn1c(SCC(=O)Nc2nnc(C3CCCCC3)s2)nnc1-c1cccnc1. The lowest BCUT2D eigenvalue weighted by Crippen LogP contribution is -2.14. The molecular formula is C18H21N7OS2. The molecule has 4 rings (SSSR count). The van der Waals surface area contributed by atoms with Gasteiger partial charge in [0.15, 0.2) is 11.0 Å². The van der Waals surface area contributed by atoms with E-state index in [1.807, 2.05) is 23.7 Å². The van der Waals surface area contributed by atoms with Crippen LogP contribution >= 0.6 is 23.1 Å². The van der Waals surface area contributed by atoms with Gasteiger partial charge in [0.25, 0.3) is 0 Å². The molecule has 28 heavy (non-hydrogen) atoms. The van der Waals surface area contributed by atoms with Crippen LogP contribution in [0.5, 0.6) is 0 Å². The Kier molecular flexibility index (Phi) is 5.96. The molecular weight excluding hydrogens is 394 g/mol. The maximum absolute atomic E-state index is 12.3. The van der Waals surface area contributed by atoms with Crippen molar-refractivity contribution in [3.63, 3.8) is 0 Å². The fourth-order valence-corrected chi connectivity index (χ4v) is 4.91. The maximum Gasteiger partial charge on any atom is 0.236 e. The van der Waals surface area contributed by atoms with Crippen molar-refractivity contribution < 1.29 is 4.79 Å². The molecule has 0 saturated heterocycles. The van der Waals surface area contributed by atoms with Gasteiger partial charge in [-0.15, -0.1) is 20.4 Å². The normalized spacial score (nSPS) is 14.9. The molecule has 3 heterocycles. The van der Waals surface area contributed by atoms with Gasteiger partial charge in [-0.05, 0) is 25.0 Å². The van der Waals surface area contributed by atoms with Crippen LogP contribution < -0.4 is 5.32 Å². The third kappa shape index (κ3) is 4.39. The monoisotopic (exact) mass is 415 g/mol. The highest BCUT2D eigenvalue weighted by Gasteiger charge is 2.20. The Morgan fingerprint density at radius 1 is 1.25 bits per heavy atom. The predicted octanol–water partition coefficient (Wildman–Crippen LogP) is 3.51. The molecule has 3 aromatic heterocycles. The van der Waals surface area contributed by atoms with E-state index in [1.165, 1.54) is 55.2 Å². The Bertz CT molecular complexity index is 935. The molecule has 1 aliphatic rings. The van der Waals surface area contributed by atoms with Crippen LogP contribution in [-0.2, 0) is 11.8 Å². The van der Waals surface area contributed by atoms with Crippen molar-refractivity contribution in [2.45, 2.75) is 43.2 Å². The second kappa shape index (κ2) is 8.78. The van der Waals surface area contributed by atoms with Crippen LogP contribution in [0.2, 0.25) is 0 Å². The first-order valence-electron chi connectivity index (χ1n) is 9.26. The van der Waals surface area contributed by atoms with E-state index in [-0.39, 0.29) is 11.7 Å². The van der Waals surface area contributed by atoms with Gasteiger partial charge in [0.2, 0.25) is 11.0 Å². The van der Waals surface area contributed by atoms with Crippen molar-refractivity contribution in [3.8, 4) is 11.4 Å². The molecule has 1 fully saturated rings. The summed E-state index contributed by atoms with van der Waals surface area (Å²) in [7, 11) is 1.88. The molecule has 0 atom stereocenters. The fourth-order valence-electron chi connectivity index (χ4n) is 3.27. The van der Waals surface area contributed by atoms with E-state index in [4.69, 9.17) is 0 Å². The first-order valence-corrected chi connectivity index (χ1v) is 11.1. The van der Waals surface area contributed by atoms with Crippen molar-refractivity contribution in [2.75, 3.05) is 11.1 Å². The lowest BCUT2D eigenvalue weighted by Gasteiger charge is -2.18. The van der Waals surface area contributed by atoms with Gasteiger partial charge in [0.05, 0.1) is 5.75 Å². The van der Waals surface area contributed by atoms with Crippen LogP contribution in [0.25, 0.3) is 11.4 Å². The smallest absolute Gasteiger partial charge is 0.236 e. The van der Waals surface area contributed by atoms with Gasteiger partial charge in [0, 0.05) is 30.9 Å². The van der Waals surface area contributed by atoms with E-state index >= 15 is 0 Å². The number of rotatable bonds is 6. The molecule has 0 spiro atoms. The summed E-state index contributed by atoms with van der Waals surface area (Å²) in [6.07, 6.45) is 9.61. The molecule has 146 valence electrons. The molecule has 8 nitrogen and oxygen atoms in total. The minimum Gasteiger partial charge on any atom is -0.305 e. The zero-order valence-corrected chi connectivity index (χ0v) is 17.2. The molecule has 1 N–H and O–H groups in total. The first kappa shape index (κ1) is 19.0. The van der Waals surface area contributed by atoms with Crippen molar-refractivity contribution in [3.05, 3.63) is 29.5 Å². The van der Waals surface area contributed by atoms with Crippen LogP contribution in [0, 0.1) is 0 Å². The summed E-state index contributed by atoms with van der Waals surface area (Å²) in [6, 6.07) is 3.78. The Morgan fingerprint density at radius 2 is 2.11 bits per heavy atom. The van der Waals surface area contributed by atoms with Crippen LogP contribution in [0.3, 0.4) is 0 Å². The standard InChI is InChI=1S/C18H21N7OS2/c1-25-15(13-8-5-9-19-10-13)21-24-18(25)27-11-14(26)20-17-23-22-16(28-17)12-6-3-2-4-7-12/h5,8-10,12H,2-4,6-7,11H2,1H3,(H,20,23,26). The summed E-state index contributed by atoms with van der Waals surface area (Å²) in [6.45, 7) is 0. The van der Waals surface area contributed by atoms with Gasteiger partial charge in [-0.3, -0.25) is 15.1 Å². The number of anilines is 1. The lowest BCUT2D eigenvalue weighted by atomic mass is 9.90. The number of aromatic nitrogens is 6. The lowest BCUT2D eigenvalue weighted by molar-refractivity contribution is -0.113. The summed E-state index contributed by atoms with van der Waals surface area (Å²) in [5.74, 6) is 1.33. The zero-order chi connectivity index (χ0) is 19.3. The topological polar surface area (TPSA) is 98.5 Å². The third-order valence-electron chi connectivity index (χ3n) is 4.73. The number of nitrogens with one attached hydrogen (secondary N) is 1. The third-order valence-corrected chi connectivity index (χ3v) is 6.75. The molecule has 0 aromatic carbocycles. The molecule has 1 amide bonds. The molecule has 0 bridgehead atoms. The Balaban J connectivity index is 1.33. The van der Waals surface area contributed by atoms with Crippen LogP contribution in [0.4, 0.5) is 5.13 Å². The number of carbonyl (C=O) groups excluding carboxylic acids is 1. The Labute approximate surface area is 171 Å². The number of carbonyl (C=O) groups is 1. The highest BCUT2D eigenvalue weighted by atomic mass is 32.2. The summed E-state index contributed by atoms with van der Waals surface area (Å²) >= 11 is 2.83. The quantitative estimate of drug-likeness (QED) is 0.615. The molecule has 0 radical (unpaired) electrons. The van der Waals surface area contributed by atoms with Crippen molar-refractivity contribution in [1.29, 1.82) is 0 Å². The van der Waals surface area contributed by atoms with Gasteiger partial charge in [-0.25, -0.2) is 0 Å². The molecule has 0 unspecified atom stereocenters. The molecule has 1 aliphatic carbocycles. The van der Waals surface area contributed by atoms with Gasteiger partial charge in [-0.2, -0.15) is 0 Å². The summed E-state index contributed by atoms with van der Waals surface area (Å²) in [5.41, 5.74) is 0.887. The molecule has 10 heteroatoms. The van der Waals surface area contributed by atoms with Crippen molar-refractivity contribution in [1.82, 2.24) is 29.9 Å². The van der Waals surface area contributed by atoms with Gasteiger partial charge in [-0.1, -0.05) is 42.4 Å². The summed E-state index contributed by atoms with van der Waals surface area (Å²) < 4.78 is 1.86. The van der Waals surface area contributed by atoms with Crippen molar-refractivity contribution >= 4 is 34.1 Å². The maximum atomic E-state index is 12.3. The molecule has 3 aromatic rings. The van der Waals surface area contributed by atoms with Crippen LogP contribution in [0.15, 0.2) is 29.7 Å². The highest BCUT2D eigenvalue weighted by Crippen LogP contribution is 2.35. The van der Waals surface area contributed by atoms with E-state index in [1.54, 1.807) is 12.4 Å². The van der Waals surface area contributed by atoms with E-state index in [0.717, 1.165) is 16.4 Å². The van der Waals surface area contributed by atoms with Crippen molar-refractivity contribution in [2.24, 2.45) is 7.05 Å². The first-order chi connectivity index (χ1) is 13.7. The Morgan fingerprint density at radius 3 is 2.89 bits per heavy atom. The van der Waals surface area contributed by atoms with Crippen LogP contribution in [0.1, 0.15) is 43.0 Å². The number of thioether (sulfide) groups is 1. The number of amides is 1. The van der Waals surface area contributed by atoms with Crippen LogP contribution in [-0.4, -0.2) is 41.6 Å². The fraction of sp³-hybridized carbons (Fsp3) is 0.444. The van der Waals surface area contributed by atoms with Gasteiger partial charge >= 0.3 is 0 Å². The second-order valence-electron chi connectivity index (χ2n) is 6.72. The minimum atomic E-state index is -0.123. The Hall–Kier alpha value is -2.33. The number of nitrogens with zero attached hydrogens (tertiary/aromatic N) is 6. The number of pyridine rings is 1. The van der Waals surface area contributed by atoms with Gasteiger partial charge in [0.1, 0.15) is 5.01 Å². The summed E-state index contributed by atoms with van der Waals surface area (Å²) in [5, 5.41) is 21.9. The average Bonchev–Trinajstić information content (AvgIpc) is 3.34. The highest BCUT2D eigenvalue weighted by molar-refractivity contribution is 7.99. The minimum absolute atomic E-state index is 0.123. The zero-order valence-electron chi connectivity index (χ0n) is 15.5. The number of hydrogen-bond donors (Lipinski definition) is 1. The van der Waals surface area contributed by atoms with E-state index in [0.29, 0.717) is 16.2 Å². The number of hydrogen-bond acceptors (Lipinski definition) is 8. The average molecular weight is 416 g/mol.